The van der Waals surface area contributed by atoms with Gasteiger partial charge in [0.05, 0.1) is 5.69 Å². The number of carbonyl (C=O) groups excluding carboxylic acids is 1. The molecule has 9 heteroatoms. The van der Waals surface area contributed by atoms with Crippen molar-refractivity contribution in [3.05, 3.63) is 59.9 Å². The molecule has 1 aliphatic heterocycles. The van der Waals surface area contributed by atoms with Crippen LogP contribution in [0.15, 0.2) is 42.7 Å². The lowest BCUT2D eigenvalue weighted by Gasteiger charge is -2.38. The van der Waals surface area contributed by atoms with Gasteiger partial charge in [-0.25, -0.2) is 13.5 Å². The number of nitrogens with one attached hydrogen (secondary N) is 2. The number of rotatable bonds is 6. The average molecular weight is 416 g/mol. The smallest absolute Gasteiger partial charge is 0.246 e. The number of hydrogen-bond donors (Lipinski definition) is 2. The summed E-state index contributed by atoms with van der Waals surface area (Å²) < 4.78 is 28.2. The van der Waals surface area contributed by atoms with Crippen molar-refractivity contribution in [2.45, 2.75) is 13.8 Å². The fraction of sp³-hybridized carbons (Fsp3) is 0.286. The van der Waals surface area contributed by atoms with E-state index in [1.165, 1.54) is 23.1 Å². The molecular weight excluding hydrogens is 390 g/mol. The average Bonchev–Trinajstić information content (AvgIpc) is 3.07. The van der Waals surface area contributed by atoms with Gasteiger partial charge in [-0.2, -0.15) is 4.98 Å². The third-order valence-corrected chi connectivity index (χ3v) is 4.93. The SMILES string of the molecule is CC(=O)N1CC(CNc2cc(C)cc(Nc3ncn(-c4cc(F)cc(F)c4)n3)c2)C1.[HH].[HH]. The predicted molar refractivity (Wildman–Crippen MR) is 114 cm³/mol. The van der Waals surface area contributed by atoms with Gasteiger partial charge >= 0.3 is 0 Å². The standard InChI is InChI=1S/C21H22F2N6O.2H2/c1-13-3-18(24-9-15-10-28(11-15)14(2)30)8-19(4-13)26-21-25-12-29(27-21)20-6-16(22)5-17(23)7-20;;/h3-8,12,15,24H,9-11H2,1-2H3,(H,26,27);2*1H. The second-order valence-corrected chi connectivity index (χ2v) is 7.52. The van der Waals surface area contributed by atoms with Crippen LogP contribution in [0.25, 0.3) is 5.69 Å². The van der Waals surface area contributed by atoms with Gasteiger partial charge in [0.1, 0.15) is 18.0 Å². The Labute approximate surface area is 175 Å². The molecule has 4 rings (SSSR count). The van der Waals surface area contributed by atoms with E-state index in [4.69, 9.17) is 0 Å². The van der Waals surface area contributed by atoms with Gasteiger partial charge in [0.2, 0.25) is 11.9 Å². The molecule has 1 saturated heterocycles. The van der Waals surface area contributed by atoms with E-state index in [1.54, 1.807) is 6.92 Å². The monoisotopic (exact) mass is 416 g/mol. The molecule has 0 aliphatic carbocycles. The highest BCUT2D eigenvalue weighted by molar-refractivity contribution is 5.74. The molecule has 0 saturated carbocycles. The highest BCUT2D eigenvalue weighted by Gasteiger charge is 2.27. The van der Waals surface area contributed by atoms with E-state index in [0.717, 1.165) is 42.6 Å². The minimum absolute atomic E-state index is 0. The lowest BCUT2D eigenvalue weighted by atomic mass is 10.00. The van der Waals surface area contributed by atoms with E-state index in [9.17, 15) is 13.6 Å². The topological polar surface area (TPSA) is 75.1 Å². The van der Waals surface area contributed by atoms with Gasteiger partial charge in [0.25, 0.3) is 0 Å². The van der Waals surface area contributed by atoms with Crippen LogP contribution in [0.2, 0.25) is 0 Å². The van der Waals surface area contributed by atoms with Crippen molar-refractivity contribution in [2.24, 2.45) is 5.92 Å². The number of nitrogens with zero attached hydrogens (tertiary/aromatic N) is 4. The van der Waals surface area contributed by atoms with Crippen LogP contribution < -0.4 is 10.6 Å². The number of carbonyl (C=O) groups is 1. The van der Waals surface area contributed by atoms with E-state index in [-0.39, 0.29) is 14.4 Å². The van der Waals surface area contributed by atoms with Gasteiger partial charge in [-0.15, -0.1) is 5.10 Å². The molecule has 1 fully saturated rings. The summed E-state index contributed by atoms with van der Waals surface area (Å²) >= 11 is 0. The third kappa shape index (κ3) is 4.56. The lowest BCUT2D eigenvalue weighted by Crippen LogP contribution is -2.51. The predicted octanol–water partition coefficient (Wildman–Crippen LogP) is 3.98. The third-order valence-electron chi connectivity index (χ3n) is 4.93. The largest absolute Gasteiger partial charge is 0.385 e. The van der Waals surface area contributed by atoms with Gasteiger partial charge < -0.3 is 15.5 Å². The van der Waals surface area contributed by atoms with Crippen molar-refractivity contribution in [3.63, 3.8) is 0 Å². The maximum absolute atomic E-state index is 13.4. The Hall–Kier alpha value is -3.49. The molecule has 1 aliphatic rings. The summed E-state index contributed by atoms with van der Waals surface area (Å²) in [5.74, 6) is -0.493. The first-order chi connectivity index (χ1) is 14.4. The van der Waals surface area contributed by atoms with Crippen LogP contribution in [0, 0.1) is 24.5 Å². The molecule has 30 heavy (non-hydrogen) atoms. The van der Waals surface area contributed by atoms with Crippen molar-refractivity contribution in [3.8, 4) is 5.69 Å². The van der Waals surface area contributed by atoms with Crippen molar-refractivity contribution >= 4 is 23.2 Å². The Balaban J connectivity index is 0.00000181. The summed E-state index contributed by atoms with van der Waals surface area (Å²) in [4.78, 5) is 17.3. The minimum Gasteiger partial charge on any atom is -0.385 e. The number of aromatic nitrogens is 3. The zero-order chi connectivity index (χ0) is 21.3. The number of likely N-dealkylation sites (tertiary alicyclic amines) is 1. The molecule has 1 aromatic heterocycles. The molecule has 0 radical (unpaired) electrons. The Bertz CT molecular complexity index is 1070. The first-order valence-electron chi connectivity index (χ1n) is 9.62. The Morgan fingerprint density at radius 3 is 2.53 bits per heavy atom. The highest BCUT2D eigenvalue weighted by Crippen LogP contribution is 2.23. The maximum atomic E-state index is 13.4. The summed E-state index contributed by atoms with van der Waals surface area (Å²) in [7, 11) is 0. The van der Waals surface area contributed by atoms with Crippen LogP contribution in [0.5, 0.6) is 0 Å². The minimum atomic E-state index is -0.678. The molecule has 0 unspecified atom stereocenters. The first kappa shape index (κ1) is 19.8. The quantitative estimate of drug-likeness (QED) is 0.636. The van der Waals surface area contributed by atoms with Crippen LogP contribution in [-0.4, -0.2) is 45.2 Å². The van der Waals surface area contributed by atoms with E-state index < -0.39 is 11.6 Å². The first-order valence-corrected chi connectivity index (χ1v) is 9.62. The number of halogens is 2. The van der Waals surface area contributed by atoms with Crippen LogP contribution >= 0.6 is 0 Å². The van der Waals surface area contributed by atoms with Gasteiger partial charge in [-0.3, -0.25) is 4.79 Å². The summed E-state index contributed by atoms with van der Waals surface area (Å²) in [6.45, 7) is 5.91. The van der Waals surface area contributed by atoms with Crippen LogP contribution in [-0.2, 0) is 4.79 Å². The molecule has 2 heterocycles. The Morgan fingerprint density at radius 2 is 1.83 bits per heavy atom. The molecule has 2 aromatic carbocycles. The lowest BCUT2D eigenvalue weighted by molar-refractivity contribution is -0.134. The molecular formula is C21H26F2N6O. The van der Waals surface area contributed by atoms with Gasteiger partial charge in [-0.1, -0.05) is 0 Å². The Kier molecular flexibility index (Phi) is 5.35. The molecule has 0 bridgehead atoms. The molecule has 2 N–H and O–H groups in total. The van der Waals surface area contributed by atoms with Gasteiger partial charge in [-0.05, 0) is 42.8 Å². The highest BCUT2D eigenvalue weighted by atomic mass is 19.1. The van der Waals surface area contributed by atoms with E-state index in [2.05, 4.69) is 20.7 Å². The molecule has 0 atom stereocenters. The maximum Gasteiger partial charge on any atom is 0.246 e. The fourth-order valence-corrected chi connectivity index (χ4v) is 3.42. The number of anilines is 3. The normalized spacial score (nSPS) is 13.8. The van der Waals surface area contributed by atoms with Crippen molar-refractivity contribution in [1.29, 1.82) is 0 Å². The van der Waals surface area contributed by atoms with Crippen LogP contribution in [0.1, 0.15) is 15.3 Å². The summed E-state index contributed by atoms with van der Waals surface area (Å²) in [5.41, 5.74) is 3.04. The number of aryl methyl sites for hydroxylation is 1. The second kappa shape index (κ2) is 8.10. The summed E-state index contributed by atoms with van der Waals surface area (Å²) in [5, 5.41) is 10.8. The van der Waals surface area contributed by atoms with E-state index in [1.807, 2.05) is 30.0 Å². The molecule has 160 valence electrons. The van der Waals surface area contributed by atoms with E-state index in [0.29, 0.717) is 11.9 Å². The van der Waals surface area contributed by atoms with Gasteiger partial charge in [0, 0.05) is 52.8 Å². The molecule has 0 spiro atoms. The van der Waals surface area contributed by atoms with Crippen molar-refractivity contribution < 1.29 is 16.4 Å². The number of hydrogen-bond acceptors (Lipinski definition) is 5. The zero-order valence-electron chi connectivity index (χ0n) is 16.7. The van der Waals surface area contributed by atoms with Crippen molar-refractivity contribution in [1.82, 2.24) is 19.7 Å². The molecule has 7 nitrogen and oxygen atoms in total. The van der Waals surface area contributed by atoms with Gasteiger partial charge in [0.15, 0.2) is 0 Å². The summed E-state index contributed by atoms with van der Waals surface area (Å²) in [6.07, 6.45) is 1.39. The van der Waals surface area contributed by atoms with Crippen LogP contribution in [0.3, 0.4) is 0 Å². The second-order valence-electron chi connectivity index (χ2n) is 7.52. The molecule has 1 amide bonds. The number of benzene rings is 2. The van der Waals surface area contributed by atoms with E-state index >= 15 is 0 Å². The fourth-order valence-electron chi connectivity index (χ4n) is 3.42. The molecule has 3 aromatic rings. The zero-order valence-corrected chi connectivity index (χ0v) is 16.7. The number of amides is 1. The van der Waals surface area contributed by atoms with Crippen molar-refractivity contribution in [2.75, 3.05) is 30.3 Å². The Morgan fingerprint density at radius 1 is 1.13 bits per heavy atom. The summed E-state index contributed by atoms with van der Waals surface area (Å²) in [6, 6.07) is 9.11. The van der Waals surface area contributed by atoms with Crippen LogP contribution in [0.4, 0.5) is 26.1 Å².